The van der Waals surface area contributed by atoms with Crippen LogP contribution in [-0.4, -0.2) is 0 Å². The summed E-state index contributed by atoms with van der Waals surface area (Å²) in [5, 5.41) is 1.40. The second-order valence-corrected chi connectivity index (χ2v) is 5.31. The van der Waals surface area contributed by atoms with Crippen LogP contribution in [0.1, 0.15) is 24.5 Å². The summed E-state index contributed by atoms with van der Waals surface area (Å²) >= 11 is 9.59. The molecule has 0 aliphatic heterocycles. The molecule has 0 aromatic heterocycles. The molecular weight excluding hydrogens is 324 g/mol. The van der Waals surface area contributed by atoms with Crippen molar-refractivity contribution in [1.29, 1.82) is 0 Å². The van der Waals surface area contributed by atoms with Gasteiger partial charge in [0, 0.05) is 15.9 Å². The summed E-state index contributed by atoms with van der Waals surface area (Å²) in [5.74, 6) is 1.64. The Bertz CT molecular complexity index is 537. The molecule has 0 spiro atoms. The fourth-order valence-electron chi connectivity index (χ4n) is 1.90. The molecule has 0 fully saturated rings. The molecule has 0 saturated heterocycles. The van der Waals surface area contributed by atoms with Gasteiger partial charge >= 0.3 is 0 Å². The number of benzene rings is 2. The average Bonchev–Trinajstić information content (AvgIpc) is 2.42. The van der Waals surface area contributed by atoms with Gasteiger partial charge in [-0.2, -0.15) is 0 Å². The minimum Gasteiger partial charge on any atom is -0.457 e. The van der Waals surface area contributed by atoms with Crippen LogP contribution in [-0.2, 0) is 11.8 Å². The van der Waals surface area contributed by atoms with Gasteiger partial charge in [-0.15, -0.1) is 0 Å². The Labute approximate surface area is 127 Å². The third-order valence-corrected chi connectivity index (χ3v) is 3.81. The van der Waals surface area contributed by atoms with E-state index >= 15 is 0 Å². The van der Waals surface area contributed by atoms with E-state index in [1.54, 1.807) is 0 Å². The van der Waals surface area contributed by atoms with Gasteiger partial charge in [-0.1, -0.05) is 59.1 Å². The molecule has 0 unspecified atom stereocenters. The Morgan fingerprint density at radius 3 is 2.47 bits per heavy atom. The molecule has 0 amide bonds. The van der Waals surface area contributed by atoms with E-state index in [0.717, 1.165) is 34.9 Å². The van der Waals surface area contributed by atoms with Crippen molar-refractivity contribution < 1.29 is 4.74 Å². The maximum Gasteiger partial charge on any atom is 0.132 e. The largest absolute Gasteiger partial charge is 0.457 e. The first kappa shape index (κ1) is 14.4. The smallest absolute Gasteiger partial charge is 0.132 e. The summed E-state index contributed by atoms with van der Waals surface area (Å²) < 4.78 is 5.90. The van der Waals surface area contributed by atoms with E-state index in [2.05, 4.69) is 35.0 Å². The average molecular weight is 340 g/mol. The molecule has 0 atom stereocenters. The van der Waals surface area contributed by atoms with E-state index in [0.29, 0.717) is 5.33 Å². The number of ether oxygens (including phenoxy) is 1. The first-order valence-electron chi connectivity index (χ1n) is 6.34. The van der Waals surface area contributed by atoms with E-state index in [1.165, 1.54) is 5.56 Å². The molecule has 2 aromatic rings. The summed E-state index contributed by atoms with van der Waals surface area (Å²) in [4.78, 5) is 0. The second-order valence-electron chi connectivity index (χ2n) is 4.35. The number of aryl methyl sites for hydroxylation is 1. The maximum atomic E-state index is 6.15. The van der Waals surface area contributed by atoms with E-state index in [4.69, 9.17) is 16.3 Å². The Morgan fingerprint density at radius 1 is 1.11 bits per heavy atom. The SMILES string of the molecule is CCCc1ccc(Oc2cccc(Cl)c2CBr)cc1. The Kier molecular flexibility index (Phi) is 5.29. The van der Waals surface area contributed by atoms with Gasteiger partial charge in [0.1, 0.15) is 11.5 Å². The lowest BCUT2D eigenvalue weighted by atomic mass is 10.1. The molecule has 19 heavy (non-hydrogen) atoms. The predicted molar refractivity (Wildman–Crippen MR) is 84.6 cm³/mol. The number of hydrogen-bond donors (Lipinski definition) is 0. The van der Waals surface area contributed by atoms with Crippen molar-refractivity contribution in [2.45, 2.75) is 25.1 Å². The first-order chi connectivity index (χ1) is 9.24. The summed E-state index contributed by atoms with van der Waals surface area (Å²) in [6, 6.07) is 13.9. The second kappa shape index (κ2) is 6.97. The summed E-state index contributed by atoms with van der Waals surface area (Å²) in [5.41, 5.74) is 2.31. The third kappa shape index (κ3) is 3.74. The van der Waals surface area contributed by atoms with Crippen molar-refractivity contribution >= 4 is 27.5 Å². The van der Waals surface area contributed by atoms with E-state index < -0.39 is 0 Å². The van der Waals surface area contributed by atoms with Gasteiger partial charge in [-0.05, 0) is 36.2 Å². The van der Waals surface area contributed by atoms with Crippen molar-refractivity contribution in [3.05, 3.63) is 58.6 Å². The lowest BCUT2D eigenvalue weighted by Gasteiger charge is -2.11. The molecule has 1 nitrogen and oxygen atoms in total. The number of hydrogen-bond acceptors (Lipinski definition) is 1. The lowest BCUT2D eigenvalue weighted by molar-refractivity contribution is 0.478. The van der Waals surface area contributed by atoms with E-state index in [1.807, 2.05) is 30.3 Å². The molecule has 0 heterocycles. The summed E-state index contributed by atoms with van der Waals surface area (Å²) in [7, 11) is 0. The Hall–Kier alpha value is -0.990. The molecule has 0 radical (unpaired) electrons. The molecule has 2 rings (SSSR count). The van der Waals surface area contributed by atoms with Crippen LogP contribution in [0.4, 0.5) is 0 Å². The highest BCUT2D eigenvalue weighted by Gasteiger charge is 2.07. The van der Waals surface area contributed by atoms with E-state index in [-0.39, 0.29) is 0 Å². The Balaban J connectivity index is 2.19. The van der Waals surface area contributed by atoms with Gasteiger partial charge < -0.3 is 4.74 Å². The van der Waals surface area contributed by atoms with Crippen molar-refractivity contribution in [3.8, 4) is 11.5 Å². The highest BCUT2D eigenvalue weighted by Crippen LogP contribution is 2.32. The van der Waals surface area contributed by atoms with Crippen LogP contribution in [0, 0.1) is 0 Å². The fraction of sp³-hybridized carbons (Fsp3) is 0.250. The standard InChI is InChI=1S/C16H16BrClO/c1-2-4-12-7-9-13(10-8-12)19-16-6-3-5-15(18)14(16)11-17/h3,5-10H,2,4,11H2,1H3. The maximum absolute atomic E-state index is 6.15. The quantitative estimate of drug-likeness (QED) is 0.609. The summed E-state index contributed by atoms with van der Waals surface area (Å²) in [6.45, 7) is 2.18. The number of rotatable bonds is 5. The zero-order chi connectivity index (χ0) is 13.7. The molecule has 0 saturated carbocycles. The van der Waals surface area contributed by atoms with Gasteiger partial charge in [0.05, 0.1) is 0 Å². The van der Waals surface area contributed by atoms with Crippen molar-refractivity contribution in [2.75, 3.05) is 0 Å². The molecule has 0 N–H and O–H groups in total. The highest BCUT2D eigenvalue weighted by atomic mass is 79.9. The third-order valence-electron chi connectivity index (χ3n) is 2.90. The zero-order valence-electron chi connectivity index (χ0n) is 10.8. The molecular formula is C16H16BrClO. The Morgan fingerprint density at radius 2 is 1.84 bits per heavy atom. The minimum atomic E-state index is 0.677. The molecule has 0 bridgehead atoms. The van der Waals surface area contributed by atoms with Crippen LogP contribution in [0.2, 0.25) is 5.02 Å². The van der Waals surface area contributed by atoms with Gasteiger partial charge in [0.25, 0.3) is 0 Å². The van der Waals surface area contributed by atoms with Crippen LogP contribution in [0.15, 0.2) is 42.5 Å². The van der Waals surface area contributed by atoms with Crippen LogP contribution in [0.3, 0.4) is 0 Å². The monoisotopic (exact) mass is 338 g/mol. The molecule has 2 aromatic carbocycles. The summed E-state index contributed by atoms with van der Waals surface area (Å²) in [6.07, 6.45) is 2.26. The van der Waals surface area contributed by atoms with Crippen LogP contribution >= 0.6 is 27.5 Å². The molecule has 100 valence electrons. The number of halogens is 2. The van der Waals surface area contributed by atoms with Crippen LogP contribution < -0.4 is 4.74 Å². The van der Waals surface area contributed by atoms with Gasteiger partial charge in [-0.3, -0.25) is 0 Å². The topological polar surface area (TPSA) is 9.23 Å². The molecule has 0 aliphatic rings. The van der Waals surface area contributed by atoms with Crippen molar-refractivity contribution in [2.24, 2.45) is 0 Å². The van der Waals surface area contributed by atoms with E-state index in [9.17, 15) is 0 Å². The predicted octanol–water partition coefficient (Wildman–Crippen LogP) is 5.98. The van der Waals surface area contributed by atoms with Gasteiger partial charge in [0.2, 0.25) is 0 Å². The zero-order valence-corrected chi connectivity index (χ0v) is 13.2. The highest BCUT2D eigenvalue weighted by molar-refractivity contribution is 9.08. The van der Waals surface area contributed by atoms with Gasteiger partial charge in [0.15, 0.2) is 0 Å². The van der Waals surface area contributed by atoms with Gasteiger partial charge in [-0.25, -0.2) is 0 Å². The molecule has 3 heteroatoms. The van der Waals surface area contributed by atoms with Crippen LogP contribution in [0.5, 0.6) is 11.5 Å². The van der Waals surface area contributed by atoms with Crippen molar-refractivity contribution in [3.63, 3.8) is 0 Å². The fourth-order valence-corrected chi connectivity index (χ4v) is 2.88. The molecule has 0 aliphatic carbocycles. The lowest BCUT2D eigenvalue weighted by Crippen LogP contribution is -1.91. The minimum absolute atomic E-state index is 0.677. The number of alkyl halides is 1. The normalized spacial score (nSPS) is 10.5. The van der Waals surface area contributed by atoms with Crippen LogP contribution in [0.25, 0.3) is 0 Å². The first-order valence-corrected chi connectivity index (χ1v) is 7.84. The van der Waals surface area contributed by atoms with Crippen molar-refractivity contribution in [1.82, 2.24) is 0 Å².